The highest BCUT2D eigenvalue weighted by atomic mass is 16.7. The number of carboxylic acids is 1. The van der Waals surface area contributed by atoms with Crippen molar-refractivity contribution in [2.45, 2.75) is 45.1 Å². The number of benzene rings is 3. The first-order chi connectivity index (χ1) is 20.1. The Bertz CT molecular complexity index is 1580. The molecule has 3 aromatic carbocycles. The molecule has 8 heteroatoms. The van der Waals surface area contributed by atoms with Crippen molar-refractivity contribution in [1.29, 1.82) is 0 Å². The van der Waals surface area contributed by atoms with E-state index in [4.69, 9.17) is 28.8 Å². The molecule has 0 bridgehead atoms. The fourth-order valence-electron chi connectivity index (χ4n) is 5.55. The molecule has 41 heavy (non-hydrogen) atoms. The maximum Gasteiger partial charge on any atom is 0.307 e. The van der Waals surface area contributed by atoms with Gasteiger partial charge >= 0.3 is 5.97 Å². The van der Waals surface area contributed by atoms with Crippen LogP contribution in [0.1, 0.15) is 36.8 Å². The normalized spacial score (nSPS) is 13.0. The van der Waals surface area contributed by atoms with E-state index in [0.29, 0.717) is 19.0 Å². The molecule has 0 fully saturated rings. The standard InChI is InChI=1S/C33H33NO7/c1-37-29-10-9-23-17-28-26-19-31-30(40-21-41-31)18-24(26)11-12-34(28)20-27(23)33(29)39-14-5-3-2-4-13-38-25-8-6-7-22(15-25)16-32(35)36/h6-10,15,17-20H,2-5,11-14,16,21H2,1H3/p+1. The van der Waals surface area contributed by atoms with Crippen molar-refractivity contribution in [3.05, 3.63) is 71.9 Å². The number of aromatic nitrogens is 1. The van der Waals surface area contributed by atoms with Crippen LogP contribution in [0, 0.1) is 0 Å². The monoisotopic (exact) mass is 556 g/mol. The molecule has 0 saturated carbocycles. The topological polar surface area (TPSA) is 87.3 Å². The van der Waals surface area contributed by atoms with Crippen molar-refractivity contribution in [2.24, 2.45) is 0 Å². The zero-order valence-electron chi connectivity index (χ0n) is 23.2. The smallest absolute Gasteiger partial charge is 0.307 e. The van der Waals surface area contributed by atoms with Crippen LogP contribution in [0.2, 0.25) is 0 Å². The second kappa shape index (κ2) is 12.0. The number of methoxy groups -OCH3 is 1. The van der Waals surface area contributed by atoms with Gasteiger partial charge in [0.1, 0.15) is 5.75 Å². The summed E-state index contributed by atoms with van der Waals surface area (Å²) in [6.45, 7) is 2.35. The number of hydrogen-bond donors (Lipinski definition) is 1. The molecule has 2 aliphatic heterocycles. The van der Waals surface area contributed by atoms with Gasteiger partial charge < -0.3 is 28.8 Å². The molecule has 0 atom stereocenters. The molecule has 212 valence electrons. The number of hydrogen-bond acceptors (Lipinski definition) is 6. The van der Waals surface area contributed by atoms with Crippen LogP contribution in [0.15, 0.2) is 60.8 Å². The first kappa shape index (κ1) is 26.7. The molecule has 1 N–H and O–H groups in total. The predicted molar refractivity (Wildman–Crippen MR) is 153 cm³/mol. The van der Waals surface area contributed by atoms with Crippen molar-refractivity contribution >= 4 is 16.7 Å². The molecule has 8 nitrogen and oxygen atoms in total. The van der Waals surface area contributed by atoms with Gasteiger partial charge in [-0.3, -0.25) is 4.79 Å². The largest absolute Gasteiger partial charge is 0.494 e. The van der Waals surface area contributed by atoms with Crippen LogP contribution in [0.3, 0.4) is 0 Å². The Labute approximate surface area is 239 Å². The Hall–Kier alpha value is -4.46. The zero-order chi connectivity index (χ0) is 28.2. The van der Waals surface area contributed by atoms with Gasteiger partial charge in [0.25, 0.3) is 0 Å². The number of ether oxygens (including phenoxy) is 5. The third kappa shape index (κ3) is 5.87. The first-order valence-corrected chi connectivity index (χ1v) is 14.1. The van der Waals surface area contributed by atoms with Crippen molar-refractivity contribution in [3.63, 3.8) is 0 Å². The molecule has 0 radical (unpaired) electrons. The molecular formula is C33H34NO7+. The minimum Gasteiger partial charge on any atom is -0.494 e. The Kier molecular flexibility index (Phi) is 7.80. The van der Waals surface area contributed by atoms with Crippen LogP contribution >= 0.6 is 0 Å². The summed E-state index contributed by atoms with van der Waals surface area (Å²) in [6, 6.07) is 17.8. The third-order valence-electron chi connectivity index (χ3n) is 7.60. The maximum atomic E-state index is 10.9. The molecule has 1 aromatic heterocycles. The number of aliphatic carboxylic acids is 1. The molecule has 0 unspecified atom stereocenters. The van der Waals surface area contributed by atoms with Gasteiger partial charge in [-0.05, 0) is 78.6 Å². The molecule has 2 aliphatic rings. The Balaban J connectivity index is 1.06. The van der Waals surface area contributed by atoms with Gasteiger partial charge in [0.05, 0.1) is 37.7 Å². The summed E-state index contributed by atoms with van der Waals surface area (Å²) in [6.07, 6.45) is 6.99. The van der Waals surface area contributed by atoms with E-state index in [1.807, 2.05) is 18.2 Å². The van der Waals surface area contributed by atoms with E-state index >= 15 is 0 Å². The third-order valence-corrected chi connectivity index (χ3v) is 7.60. The molecule has 0 saturated heterocycles. The van der Waals surface area contributed by atoms with Crippen molar-refractivity contribution in [1.82, 2.24) is 0 Å². The van der Waals surface area contributed by atoms with Crippen LogP contribution in [-0.4, -0.2) is 38.2 Å². The SMILES string of the molecule is COc1ccc2cc3[n+](cc2c1OCCCCCCOc1cccc(CC(=O)O)c1)CCc1cc2c(cc1-3)OCO2. The second-order valence-corrected chi connectivity index (χ2v) is 10.4. The Morgan fingerprint density at radius 3 is 2.56 bits per heavy atom. The molecule has 0 amide bonds. The number of rotatable bonds is 12. The number of nitrogens with zero attached hydrogens (tertiary/aromatic N) is 1. The van der Waals surface area contributed by atoms with Crippen LogP contribution in [-0.2, 0) is 24.2 Å². The molecular weight excluding hydrogens is 522 g/mol. The summed E-state index contributed by atoms with van der Waals surface area (Å²) < 4.78 is 31.3. The number of pyridine rings is 1. The second-order valence-electron chi connectivity index (χ2n) is 10.4. The van der Waals surface area contributed by atoms with Gasteiger partial charge in [-0.15, -0.1) is 0 Å². The summed E-state index contributed by atoms with van der Waals surface area (Å²) in [7, 11) is 1.68. The van der Waals surface area contributed by atoms with Crippen molar-refractivity contribution in [3.8, 4) is 40.0 Å². The van der Waals surface area contributed by atoms with Crippen LogP contribution in [0.25, 0.3) is 22.0 Å². The lowest BCUT2D eigenvalue weighted by Crippen LogP contribution is -2.40. The Morgan fingerprint density at radius 2 is 1.76 bits per heavy atom. The molecule has 0 spiro atoms. The van der Waals surface area contributed by atoms with E-state index in [1.54, 1.807) is 19.2 Å². The fourth-order valence-corrected chi connectivity index (χ4v) is 5.55. The quantitative estimate of drug-likeness (QED) is 0.176. The van der Waals surface area contributed by atoms with Crippen molar-refractivity contribution < 1.29 is 38.2 Å². The fraction of sp³-hybridized carbons (Fsp3) is 0.333. The van der Waals surface area contributed by atoms with E-state index in [2.05, 4.69) is 35.0 Å². The predicted octanol–water partition coefficient (Wildman–Crippen LogP) is 5.73. The average Bonchev–Trinajstić information content (AvgIpc) is 3.44. The van der Waals surface area contributed by atoms with E-state index in [1.165, 1.54) is 11.1 Å². The number of carbonyl (C=O) groups is 1. The van der Waals surface area contributed by atoms with E-state index < -0.39 is 5.97 Å². The van der Waals surface area contributed by atoms with Gasteiger partial charge in [-0.2, -0.15) is 4.57 Å². The highest BCUT2D eigenvalue weighted by Gasteiger charge is 2.28. The minimum absolute atomic E-state index is 0.000666. The highest BCUT2D eigenvalue weighted by Crippen LogP contribution is 2.41. The number of unbranched alkanes of at least 4 members (excludes halogenated alkanes) is 3. The van der Waals surface area contributed by atoms with Gasteiger partial charge in [-0.1, -0.05) is 12.1 Å². The highest BCUT2D eigenvalue weighted by molar-refractivity contribution is 5.91. The van der Waals surface area contributed by atoms with Gasteiger partial charge in [0, 0.05) is 12.5 Å². The molecule has 3 heterocycles. The number of carboxylic acid groups (broad SMARTS) is 1. The van der Waals surface area contributed by atoms with Crippen LogP contribution in [0.4, 0.5) is 0 Å². The van der Waals surface area contributed by atoms with Crippen molar-refractivity contribution in [2.75, 3.05) is 27.1 Å². The lowest BCUT2D eigenvalue weighted by Gasteiger charge is -2.18. The van der Waals surface area contributed by atoms with E-state index in [0.717, 1.165) is 83.7 Å². The van der Waals surface area contributed by atoms with Crippen LogP contribution < -0.4 is 28.3 Å². The van der Waals surface area contributed by atoms with Gasteiger partial charge in [0.2, 0.25) is 12.5 Å². The number of fused-ring (bicyclic) bond motifs is 5. The lowest BCUT2D eigenvalue weighted by atomic mass is 9.95. The summed E-state index contributed by atoms with van der Waals surface area (Å²) >= 11 is 0. The average molecular weight is 557 g/mol. The van der Waals surface area contributed by atoms with E-state index in [9.17, 15) is 4.79 Å². The van der Waals surface area contributed by atoms with E-state index in [-0.39, 0.29) is 13.2 Å². The van der Waals surface area contributed by atoms with Gasteiger partial charge in [0.15, 0.2) is 35.7 Å². The van der Waals surface area contributed by atoms with Gasteiger partial charge in [-0.25, -0.2) is 0 Å². The first-order valence-electron chi connectivity index (χ1n) is 14.1. The minimum atomic E-state index is -0.844. The maximum absolute atomic E-state index is 10.9. The Morgan fingerprint density at radius 1 is 0.951 bits per heavy atom. The summed E-state index contributed by atoms with van der Waals surface area (Å²) in [5.74, 6) is 3.01. The van der Waals surface area contributed by atoms with Crippen LogP contribution in [0.5, 0.6) is 28.7 Å². The summed E-state index contributed by atoms with van der Waals surface area (Å²) in [5, 5.41) is 11.1. The molecule has 0 aliphatic carbocycles. The molecule has 6 rings (SSSR count). The summed E-state index contributed by atoms with van der Waals surface area (Å²) in [4.78, 5) is 10.9. The zero-order valence-corrected chi connectivity index (χ0v) is 23.2. The summed E-state index contributed by atoms with van der Waals surface area (Å²) in [5.41, 5.74) is 4.35. The lowest BCUT2D eigenvalue weighted by molar-refractivity contribution is -0.686. The number of aryl methyl sites for hydroxylation is 2. The molecule has 4 aromatic rings.